The van der Waals surface area contributed by atoms with E-state index in [0.29, 0.717) is 18.5 Å². The van der Waals surface area contributed by atoms with Crippen molar-refractivity contribution in [3.8, 4) is 0 Å². The van der Waals surface area contributed by atoms with Crippen molar-refractivity contribution in [1.29, 1.82) is 0 Å². The molecular formula is C17H21ClN2O. The SMILES string of the molecule is CC(C)N1CCC[C@H]1c1ncc(Cc2ccccc2Cl)o1. The quantitative estimate of drug-likeness (QED) is 0.835. The molecule has 21 heavy (non-hydrogen) atoms. The van der Waals surface area contributed by atoms with E-state index in [0.717, 1.165) is 35.2 Å². The fourth-order valence-corrected chi connectivity index (χ4v) is 3.26. The van der Waals surface area contributed by atoms with E-state index in [-0.39, 0.29) is 0 Å². The summed E-state index contributed by atoms with van der Waals surface area (Å²) in [5.74, 6) is 1.73. The minimum absolute atomic E-state index is 0.324. The molecule has 3 nitrogen and oxygen atoms in total. The number of nitrogens with zero attached hydrogens (tertiary/aromatic N) is 2. The van der Waals surface area contributed by atoms with Gasteiger partial charge >= 0.3 is 0 Å². The second-order valence-corrected chi connectivity index (χ2v) is 6.33. The second kappa shape index (κ2) is 6.20. The summed E-state index contributed by atoms with van der Waals surface area (Å²) in [6, 6.07) is 8.72. The number of aromatic nitrogens is 1. The van der Waals surface area contributed by atoms with Gasteiger partial charge in [-0.2, -0.15) is 0 Å². The van der Waals surface area contributed by atoms with Gasteiger partial charge in [0, 0.05) is 17.5 Å². The Bertz CT molecular complexity index is 608. The number of hydrogen-bond acceptors (Lipinski definition) is 3. The molecule has 1 atom stereocenters. The highest BCUT2D eigenvalue weighted by Gasteiger charge is 2.31. The number of halogens is 1. The van der Waals surface area contributed by atoms with Gasteiger partial charge < -0.3 is 4.42 Å². The van der Waals surface area contributed by atoms with Crippen molar-refractivity contribution in [1.82, 2.24) is 9.88 Å². The van der Waals surface area contributed by atoms with Crippen molar-refractivity contribution in [2.24, 2.45) is 0 Å². The van der Waals surface area contributed by atoms with Crippen molar-refractivity contribution >= 4 is 11.6 Å². The topological polar surface area (TPSA) is 29.3 Å². The van der Waals surface area contributed by atoms with Crippen LogP contribution in [0.25, 0.3) is 0 Å². The maximum Gasteiger partial charge on any atom is 0.211 e. The lowest BCUT2D eigenvalue weighted by atomic mass is 10.1. The van der Waals surface area contributed by atoms with Crippen LogP contribution in [0.5, 0.6) is 0 Å². The normalized spacial score (nSPS) is 19.5. The van der Waals surface area contributed by atoms with Crippen LogP contribution in [-0.2, 0) is 6.42 Å². The van der Waals surface area contributed by atoms with Gasteiger partial charge in [0.05, 0.1) is 12.2 Å². The van der Waals surface area contributed by atoms with Crippen LogP contribution < -0.4 is 0 Å². The van der Waals surface area contributed by atoms with Crippen LogP contribution in [0.1, 0.15) is 49.9 Å². The Morgan fingerprint density at radius 1 is 1.38 bits per heavy atom. The summed E-state index contributed by atoms with van der Waals surface area (Å²) in [6.45, 7) is 5.59. The zero-order valence-electron chi connectivity index (χ0n) is 12.6. The van der Waals surface area contributed by atoms with E-state index in [2.05, 4.69) is 23.7 Å². The summed E-state index contributed by atoms with van der Waals surface area (Å²) in [5.41, 5.74) is 1.08. The molecule has 0 bridgehead atoms. The third-order valence-electron chi connectivity index (χ3n) is 4.14. The molecule has 0 unspecified atom stereocenters. The first-order valence-corrected chi connectivity index (χ1v) is 7.96. The molecule has 1 aliphatic heterocycles. The van der Waals surface area contributed by atoms with E-state index >= 15 is 0 Å². The van der Waals surface area contributed by atoms with E-state index < -0.39 is 0 Å². The van der Waals surface area contributed by atoms with Crippen LogP contribution >= 0.6 is 11.6 Å². The fraction of sp³-hybridized carbons (Fsp3) is 0.471. The molecule has 0 N–H and O–H groups in total. The van der Waals surface area contributed by atoms with Gasteiger partial charge in [-0.3, -0.25) is 4.90 Å². The number of hydrogen-bond donors (Lipinski definition) is 0. The second-order valence-electron chi connectivity index (χ2n) is 5.92. The van der Waals surface area contributed by atoms with Gasteiger partial charge in [0.1, 0.15) is 5.76 Å². The van der Waals surface area contributed by atoms with E-state index in [1.165, 1.54) is 6.42 Å². The molecule has 3 rings (SSSR count). The summed E-state index contributed by atoms with van der Waals surface area (Å²) in [6.07, 6.45) is 4.88. The number of oxazole rings is 1. The molecule has 0 spiro atoms. The first-order chi connectivity index (χ1) is 10.1. The smallest absolute Gasteiger partial charge is 0.211 e. The number of rotatable bonds is 4. The zero-order chi connectivity index (χ0) is 14.8. The van der Waals surface area contributed by atoms with Gasteiger partial charge in [-0.05, 0) is 44.9 Å². The average molecular weight is 305 g/mol. The number of benzene rings is 1. The van der Waals surface area contributed by atoms with Crippen LogP contribution in [0.15, 0.2) is 34.9 Å². The molecule has 0 amide bonds. The van der Waals surface area contributed by atoms with Crippen molar-refractivity contribution in [3.05, 3.63) is 52.7 Å². The highest BCUT2D eigenvalue weighted by atomic mass is 35.5. The van der Waals surface area contributed by atoms with Crippen molar-refractivity contribution in [3.63, 3.8) is 0 Å². The van der Waals surface area contributed by atoms with Crippen LogP contribution in [-0.4, -0.2) is 22.5 Å². The van der Waals surface area contributed by atoms with Crippen LogP contribution in [0.4, 0.5) is 0 Å². The van der Waals surface area contributed by atoms with Gasteiger partial charge in [0.15, 0.2) is 0 Å². The van der Waals surface area contributed by atoms with Gasteiger partial charge in [0.2, 0.25) is 5.89 Å². The van der Waals surface area contributed by atoms with E-state index in [1.54, 1.807) is 0 Å². The number of likely N-dealkylation sites (tertiary alicyclic amines) is 1. The molecule has 0 radical (unpaired) electrons. The standard InChI is InChI=1S/C17H21ClN2O/c1-12(2)20-9-5-8-16(20)17-19-11-14(21-17)10-13-6-3-4-7-15(13)18/h3-4,6-7,11-12,16H,5,8-10H2,1-2H3/t16-/m0/s1. The maximum atomic E-state index is 6.20. The molecule has 1 aromatic carbocycles. The summed E-state index contributed by atoms with van der Waals surface area (Å²) in [4.78, 5) is 6.97. The molecule has 1 aromatic heterocycles. The zero-order valence-corrected chi connectivity index (χ0v) is 13.3. The summed E-state index contributed by atoms with van der Waals surface area (Å²) in [5, 5.41) is 0.778. The molecule has 2 heterocycles. The minimum atomic E-state index is 0.324. The van der Waals surface area contributed by atoms with E-state index in [1.807, 2.05) is 30.5 Å². The molecule has 1 fully saturated rings. The van der Waals surface area contributed by atoms with Crippen LogP contribution in [0, 0.1) is 0 Å². The summed E-state index contributed by atoms with van der Waals surface area (Å²) in [7, 11) is 0. The molecule has 4 heteroatoms. The van der Waals surface area contributed by atoms with E-state index in [4.69, 9.17) is 16.0 Å². The Morgan fingerprint density at radius 2 is 2.19 bits per heavy atom. The van der Waals surface area contributed by atoms with E-state index in [9.17, 15) is 0 Å². The van der Waals surface area contributed by atoms with Crippen LogP contribution in [0.3, 0.4) is 0 Å². The lowest BCUT2D eigenvalue weighted by Crippen LogP contribution is -2.30. The average Bonchev–Trinajstić information content (AvgIpc) is 3.09. The first kappa shape index (κ1) is 14.6. The molecule has 0 aliphatic carbocycles. The Labute approximate surface area is 130 Å². The predicted molar refractivity (Wildman–Crippen MR) is 84.6 cm³/mol. The Kier molecular flexibility index (Phi) is 4.32. The van der Waals surface area contributed by atoms with Crippen molar-refractivity contribution in [2.75, 3.05) is 6.54 Å². The van der Waals surface area contributed by atoms with Crippen molar-refractivity contribution in [2.45, 2.75) is 45.2 Å². The first-order valence-electron chi connectivity index (χ1n) is 7.59. The van der Waals surface area contributed by atoms with Gasteiger partial charge in [-0.1, -0.05) is 29.8 Å². The lowest BCUT2D eigenvalue weighted by Gasteiger charge is -2.25. The summed E-state index contributed by atoms with van der Waals surface area (Å²) >= 11 is 6.20. The highest BCUT2D eigenvalue weighted by molar-refractivity contribution is 6.31. The van der Waals surface area contributed by atoms with Gasteiger partial charge in [-0.15, -0.1) is 0 Å². The molecular weight excluding hydrogens is 284 g/mol. The van der Waals surface area contributed by atoms with Gasteiger partial charge in [0.25, 0.3) is 0 Å². The highest BCUT2D eigenvalue weighted by Crippen LogP contribution is 2.33. The third-order valence-corrected chi connectivity index (χ3v) is 4.51. The Balaban J connectivity index is 1.76. The third kappa shape index (κ3) is 3.14. The maximum absolute atomic E-state index is 6.20. The monoisotopic (exact) mass is 304 g/mol. The molecule has 0 saturated carbocycles. The minimum Gasteiger partial charge on any atom is -0.444 e. The Hall–Kier alpha value is -1.32. The molecule has 112 valence electrons. The fourth-order valence-electron chi connectivity index (χ4n) is 3.06. The predicted octanol–water partition coefficient (Wildman–Crippen LogP) is 4.46. The lowest BCUT2D eigenvalue weighted by molar-refractivity contribution is 0.178. The summed E-state index contributed by atoms with van der Waals surface area (Å²) < 4.78 is 6.00. The molecule has 1 saturated heterocycles. The molecule has 2 aromatic rings. The van der Waals surface area contributed by atoms with Gasteiger partial charge in [-0.25, -0.2) is 4.98 Å². The Morgan fingerprint density at radius 3 is 2.95 bits per heavy atom. The largest absolute Gasteiger partial charge is 0.444 e. The van der Waals surface area contributed by atoms with Crippen molar-refractivity contribution < 1.29 is 4.42 Å². The molecule has 1 aliphatic rings. The van der Waals surface area contributed by atoms with Crippen LogP contribution in [0.2, 0.25) is 5.02 Å².